The summed E-state index contributed by atoms with van der Waals surface area (Å²) in [6.45, 7) is 6.80. The van der Waals surface area contributed by atoms with Gasteiger partial charge in [-0.25, -0.2) is 0 Å². The number of nitrogens with zero attached hydrogens (tertiary/aromatic N) is 2. The van der Waals surface area contributed by atoms with Gasteiger partial charge in [-0.3, -0.25) is 4.68 Å². The van der Waals surface area contributed by atoms with Crippen LogP contribution in [0.2, 0.25) is 0 Å². The first kappa shape index (κ1) is 11.3. The monoisotopic (exact) mass is 233 g/mol. The lowest BCUT2D eigenvalue weighted by Crippen LogP contribution is -2.29. The van der Waals surface area contributed by atoms with Crippen LogP contribution in [0.3, 0.4) is 0 Å². The van der Waals surface area contributed by atoms with Crippen LogP contribution >= 0.6 is 0 Å². The third-order valence-electron chi connectivity index (χ3n) is 4.16. The van der Waals surface area contributed by atoms with Crippen LogP contribution in [-0.4, -0.2) is 22.9 Å². The van der Waals surface area contributed by atoms with Crippen LogP contribution in [0.1, 0.15) is 62.0 Å². The van der Waals surface area contributed by atoms with Gasteiger partial charge in [-0.2, -0.15) is 5.10 Å². The number of hydrogen-bond donors (Lipinski definition) is 1. The summed E-state index contributed by atoms with van der Waals surface area (Å²) in [4.78, 5) is 0. The van der Waals surface area contributed by atoms with E-state index in [2.05, 4.69) is 23.8 Å². The molecule has 3 heteroatoms. The van der Waals surface area contributed by atoms with Gasteiger partial charge in [0, 0.05) is 24.2 Å². The van der Waals surface area contributed by atoms with Crippen molar-refractivity contribution in [2.24, 2.45) is 0 Å². The van der Waals surface area contributed by atoms with Gasteiger partial charge in [0.2, 0.25) is 0 Å². The van der Waals surface area contributed by atoms with Gasteiger partial charge < -0.3 is 5.32 Å². The Morgan fingerprint density at radius 3 is 2.88 bits per heavy atom. The van der Waals surface area contributed by atoms with Crippen molar-refractivity contribution in [2.75, 3.05) is 13.1 Å². The predicted octanol–water partition coefficient (Wildman–Crippen LogP) is 2.42. The zero-order valence-corrected chi connectivity index (χ0v) is 11.0. The molecule has 2 heterocycles. The first-order valence-electron chi connectivity index (χ1n) is 7.08. The Morgan fingerprint density at radius 2 is 2.18 bits per heavy atom. The molecule has 1 aromatic rings. The second-order valence-electron chi connectivity index (χ2n) is 5.75. The molecule has 0 saturated carbocycles. The van der Waals surface area contributed by atoms with Crippen LogP contribution in [0.4, 0.5) is 0 Å². The van der Waals surface area contributed by atoms with Crippen LogP contribution in [0.15, 0.2) is 0 Å². The lowest BCUT2D eigenvalue weighted by molar-refractivity contribution is 0.438. The lowest BCUT2D eigenvalue weighted by atomic mass is 9.93. The molecule has 1 aliphatic heterocycles. The molecule has 3 nitrogen and oxygen atoms in total. The minimum atomic E-state index is 0.507. The second-order valence-corrected chi connectivity index (χ2v) is 5.75. The molecule has 1 aromatic heterocycles. The van der Waals surface area contributed by atoms with Gasteiger partial charge in [0.25, 0.3) is 0 Å². The Labute approximate surface area is 104 Å². The number of piperidine rings is 1. The zero-order valence-electron chi connectivity index (χ0n) is 11.0. The molecule has 0 amide bonds. The Hall–Kier alpha value is -0.830. The Bertz CT molecular complexity index is 400. The minimum Gasteiger partial charge on any atom is -0.316 e. The van der Waals surface area contributed by atoms with Crippen LogP contribution in [0.25, 0.3) is 0 Å². The molecular weight excluding hydrogens is 210 g/mol. The summed E-state index contributed by atoms with van der Waals surface area (Å²) in [5, 5.41) is 8.45. The molecule has 0 bridgehead atoms. The van der Waals surface area contributed by atoms with E-state index in [1.165, 1.54) is 50.0 Å². The summed E-state index contributed by atoms with van der Waals surface area (Å²) in [6.07, 6.45) is 6.43. The van der Waals surface area contributed by atoms with Crippen molar-refractivity contribution in [3.05, 3.63) is 17.0 Å². The highest BCUT2D eigenvalue weighted by atomic mass is 15.3. The minimum absolute atomic E-state index is 0.507. The van der Waals surface area contributed by atoms with Gasteiger partial charge in [0.15, 0.2) is 0 Å². The van der Waals surface area contributed by atoms with Gasteiger partial charge in [0.05, 0.1) is 5.69 Å². The highest BCUT2D eigenvalue weighted by molar-refractivity contribution is 5.33. The first-order chi connectivity index (χ1) is 8.27. The fraction of sp³-hybridized carbons (Fsp3) is 0.786. The molecule has 0 spiro atoms. The lowest BCUT2D eigenvalue weighted by Gasteiger charge is -2.22. The Kier molecular flexibility index (Phi) is 2.95. The topological polar surface area (TPSA) is 29.9 Å². The summed E-state index contributed by atoms with van der Waals surface area (Å²) in [6, 6.07) is 0.507. The molecule has 1 fully saturated rings. The maximum Gasteiger partial charge on any atom is 0.0703 e. The van der Waals surface area contributed by atoms with Gasteiger partial charge >= 0.3 is 0 Å². The molecule has 1 N–H and O–H groups in total. The van der Waals surface area contributed by atoms with Crippen molar-refractivity contribution in [1.29, 1.82) is 0 Å². The molecule has 2 aliphatic rings. The fourth-order valence-corrected chi connectivity index (χ4v) is 3.33. The standard InChI is InChI=1S/C14H23N3/c1-10(2)17-13-7-3-6-12(13)14(16-17)11-5-4-8-15-9-11/h10-11,15H,3-9H2,1-2H3. The smallest absolute Gasteiger partial charge is 0.0703 e. The Balaban J connectivity index is 1.96. The van der Waals surface area contributed by atoms with Crippen LogP contribution in [0.5, 0.6) is 0 Å². The van der Waals surface area contributed by atoms with E-state index in [9.17, 15) is 0 Å². The average molecular weight is 233 g/mol. The van der Waals surface area contributed by atoms with Gasteiger partial charge in [-0.05, 0) is 58.1 Å². The quantitative estimate of drug-likeness (QED) is 0.850. The highest BCUT2D eigenvalue weighted by Gasteiger charge is 2.28. The summed E-state index contributed by atoms with van der Waals surface area (Å²) in [7, 11) is 0. The van der Waals surface area contributed by atoms with Gasteiger partial charge in [-0.15, -0.1) is 0 Å². The SMILES string of the molecule is CC(C)n1nc(C2CCCNC2)c2c1CCC2. The molecule has 3 rings (SSSR count). The predicted molar refractivity (Wildman–Crippen MR) is 69.5 cm³/mol. The molecule has 0 radical (unpaired) electrons. The van der Waals surface area contributed by atoms with E-state index in [1.807, 2.05) is 0 Å². The molecular formula is C14H23N3. The van der Waals surface area contributed by atoms with Crippen molar-refractivity contribution in [3.63, 3.8) is 0 Å². The number of fused-ring (bicyclic) bond motifs is 1. The fourth-order valence-electron chi connectivity index (χ4n) is 3.33. The van der Waals surface area contributed by atoms with Crippen molar-refractivity contribution < 1.29 is 0 Å². The number of nitrogens with one attached hydrogen (secondary N) is 1. The van der Waals surface area contributed by atoms with Crippen molar-refractivity contribution >= 4 is 0 Å². The Morgan fingerprint density at radius 1 is 1.29 bits per heavy atom. The van der Waals surface area contributed by atoms with Crippen LogP contribution < -0.4 is 5.32 Å². The maximum atomic E-state index is 4.93. The molecule has 1 unspecified atom stereocenters. The number of aromatic nitrogens is 2. The summed E-state index contributed by atoms with van der Waals surface area (Å²) >= 11 is 0. The van der Waals surface area contributed by atoms with Crippen molar-refractivity contribution in [2.45, 2.75) is 57.9 Å². The highest BCUT2D eigenvalue weighted by Crippen LogP contribution is 2.33. The van der Waals surface area contributed by atoms with E-state index >= 15 is 0 Å². The zero-order chi connectivity index (χ0) is 11.8. The van der Waals surface area contributed by atoms with Crippen molar-refractivity contribution in [3.8, 4) is 0 Å². The van der Waals surface area contributed by atoms with E-state index in [1.54, 1.807) is 5.56 Å². The van der Waals surface area contributed by atoms with E-state index in [4.69, 9.17) is 5.10 Å². The van der Waals surface area contributed by atoms with Crippen LogP contribution in [-0.2, 0) is 12.8 Å². The second kappa shape index (κ2) is 4.45. The number of rotatable bonds is 2. The van der Waals surface area contributed by atoms with Gasteiger partial charge in [0.1, 0.15) is 0 Å². The molecule has 1 aliphatic carbocycles. The van der Waals surface area contributed by atoms with E-state index in [-0.39, 0.29) is 0 Å². The van der Waals surface area contributed by atoms with E-state index in [0.717, 1.165) is 6.54 Å². The average Bonchev–Trinajstić information content (AvgIpc) is 2.90. The molecule has 1 saturated heterocycles. The summed E-state index contributed by atoms with van der Waals surface area (Å²) in [5.41, 5.74) is 4.53. The third kappa shape index (κ3) is 1.90. The summed E-state index contributed by atoms with van der Waals surface area (Å²) < 4.78 is 2.28. The van der Waals surface area contributed by atoms with E-state index < -0.39 is 0 Å². The molecule has 1 atom stereocenters. The summed E-state index contributed by atoms with van der Waals surface area (Å²) in [5.74, 6) is 0.663. The third-order valence-corrected chi connectivity index (χ3v) is 4.16. The van der Waals surface area contributed by atoms with E-state index in [0.29, 0.717) is 12.0 Å². The molecule has 94 valence electrons. The number of hydrogen-bond acceptors (Lipinski definition) is 2. The van der Waals surface area contributed by atoms with Gasteiger partial charge in [-0.1, -0.05) is 0 Å². The van der Waals surface area contributed by atoms with Crippen molar-refractivity contribution in [1.82, 2.24) is 15.1 Å². The maximum absolute atomic E-state index is 4.93. The normalized spacial score (nSPS) is 24.3. The van der Waals surface area contributed by atoms with Crippen LogP contribution in [0, 0.1) is 0 Å². The first-order valence-corrected chi connectivity index (χ1v) is 7.08. The molecule has 0 aromatic carbocycles. The molecule has 17 heavy (non-hydrogen) atoms. The largest absolute Gasteiger partial charge is 0.316 e.